The van der Waals surface area contributed by atoms with Crippen molar-refractivity contribution in [2.45, 2.75) is 15.2 Å². The van der Waals surface area contributed by atoms with Crippen molar-refractivity contribution in [3.05, 3.63) is 253 Å². The van der Waals surface area contributed by atoms with E-state index in [4.69, 9.17) is 0 Å². The largest absolute Gasteiger partial charge is 0.310 e. The van der Waals surface area contributed by atoms with E-state index in [0.29, 0.717) is 0 Å². The molecule has 3 heteroatoms. The normalized spacial score (nSPS) is 13.2. The zero-order chi connectivity index (χ0) is 40.8. The Labute approximate surface area is 365 Å². The third kappa shape index (κ3) is 5.00. The second-order valence-electron chi connectivity index (χ2n) is 16.4. The van der Waals surface area contributed by atoms with Gasteiger partial charge in [-0.1, -0.05) is 169 Å². The number of nitrogens with zero attached hydrogens (tertiary/aromatic N) is 2. The molecular weight excluding hydrogens is 769 g/mol. The van der Waals surface area contributed by atoms with Crippen LogP contribution in [-0.4, -0.2) is 4.57 Å². The Morgan fingerprint density at radius 2 is 0.952 bits per heavy atom. The predicted molar refractivity (Wildman–Crippen MR) is 260 cm³/mol. The van der Waals surface area contributed by atoms with Crippen molar-refractivity contribution < 1.29 is 0 Å². The lowest BCUT2D eigenvalue weighted by Crippen LogP contribution is -2.31. The zero-order valence-electron chi connectivity index (χ0n) is 33.7. The molecule has 0 unspecified atom stereocenters. The molecule has 0 N–H and O–H groups in total. The van der Waals surface area contributed by atoms with Gasteiger partial charge in [-0.25, -0.2) is 0 Å². The third-order valence-electron chi connectivity index (χ3n) is 13.2. The molecule has 2 nitrogen and oxygen atoms in total. The molecule has 2 aliphatic rings. The fourth-order valence-corrected chi connectivity index (χ4v) is 11.9. The number of para-hydroxylation sites is 3. The van der Waals surface area contributed by atoms with Gasteiger partial charge in [0.25, 0.3) is 0 Å². The van der Waals surface area contributed by atoms with E-state index in [-0.39, 0.29) is 0 Å². The van der Waals surface area contributed by atoms with Crippen LogP contribution in [0.25, 0.3) is 60.5 Å². The Kier molecular flexibility index (Phi) is 7.79. The second-order valence-corrected chi connectivity index (χ2v) is 17.5. The zero-order valence-corrected chi connectivity index (χ0v) is 34.6. The maximum Gasteiger partial charge on any atom is 0.0735 e. The molecule has 0 amide bonds. The van der Waals surface area contributed by atoms with Gasteiger partial charge in [-0.2, -0.15) is 0 Å². The molecule has 0 radical (unpaired) electrons. The highest BCUT2D eigenvalue weighted by Crippen LogP contribution is 2.64. The van der Waals surface area contributed by atoms with Crippen LogP contribution in [-0.2, 0) is 5.41 Å². The maximum atomic E-state index is 2.42. The fraction of sp³-hybridized carbons (Fsp3) is 0.0169. The van der Waals surface area contributed by atoms with Crippen LogP contribution in [0.3, 0.4) is 0 Å². The van der Waals surface area contributed by atoms with E-state index < -0.39 is 5.41 Å². The highest BCUT2D eigenvalue weighted by Gasteiger charge is 2.51. The molecule has 0 atom stereocenters. The first-order valence-corrected chi connectivity index (χ1v) is 22.2. The van der Waals surface area contributed by atoms with Crippen LogP contribution >= 0.6 is 11.8 Å². The molecule has 1 aromatic heterocycles. The lowest BCUT2D eigenvalue weighted by molar-refractivity contribution is 0.723. The first kappa shape index (κ1) is 35.2. The van der Waals surface area contributed by atoms with Crippen LogP contribution in [0.2, 0.25) is 0 Å². The Morgan fingerprint density at radius 3 is 1.73 bits per heavy atom. The number of hydrogen-bond donors (Lipinski definition) is 0. The van der Waals surface area contributed by atoms with Crippen molar-refractivity contribution in [1.29, 1.82) is 0 Å². The number of rotatable bonds is 5. The minimum absolute atomic E-state index is 0.449. The summed E-state index contributed by atoms with van der Waals surface area (Å²) in [6, 6.07) is 85.2. The standard InChI is InChI=1S/C59H38N2S/c1-3-17-41(18-4-1)60(44-35-37-54-48(38-44)47-22-9-12-27-53(47)61(54)42-19-5-2-6-20-42)43-33-30-40(31-34-43)46-23-15-26-51-57(46)58-45-21-8-7-16-39(45)32-36-52(58)59(51)49-24-10-13-28-55(49)62-56-29-14-11-25-50(56)59/h1-38H. The van der Waals surface area contributed by atoms with E-state index in [2.05, 4.69) is 240 Å². The van der Waals surface area contributed by atoms with Crippen molar-refractivity contribution in [2.24, 2.45) is 0 Å². The number of aromatic nitrogens is 1. The van der Waals surface area contributed by atoms with Gasteiger partial charge >= 0.3 is 0 Å². The molecule has 0 saturated carbocycles. The summed E-state index contributed by atoms with van der Waals surface area (Å²) in [5, 5.41) is 5.01. The molecule has 1 aliphatic heterocycles. The van der Waals surface area contributed by atoms with Gasteiger partial charge in [0.05, 0.1) is 16.4 Å². The number of fused-ring (bicyclic) bond motifs is 14. The average Bonchev–Trinajstić information content (AvgIpc) is 3.83. The summed E-state index contributed by atoms with van der Waals surface area (Å²) >= 11 is 1.89. The summed E-state index contributed by atoms with van der Waals surface area (Å²) in [5.74, 6) is 0. The molecule has 2 heterocycles. The van der Waals surface area contributed by atoms with Crippen LogP contribution in [0.1, 0.15) is 22.3 Å². The number of hydrogen-bond acceptors (Lipinski definition) is 2. The van der Waals surface area contributed by atoms with Crippen molar-refractivity contribution in [2.75, 3.05) is 4.90 Å². The SMILES string of the molecule is c1ccc(N(c2ccc(-c3cccc4c3-c3c(ccc5ccccc35)C43c4ccccc4Sc4ccccc43)cc2)c2ccc3c(c2)c2ccccc2n3-c2ccccc2)cc1. The highest BCUT2D eigenvalue weighted by atomic mass is 32.2. The summed E-state index contributed by atoms with van der Waals surface area (Å²) in [4.78, 5) is 5.02. The summed E-state index contributed by atoms with van der Waals surface area (Å²) in [5.41, 5.74) is 17.0. The average molecular weight is 807 g/mol. The fourth-order valence-electron chi connectivity index (χ4n) is 10.7. The summed E-state index contributed by atoms with van der Waals surface area (Å²) in [6.07, 6.45) is 0. The van der Waals surface area contributed by atoms with Gasteiger partial charge < -0.3 is 9.47 Å². The van der Waals surface area contributed by atoms with Gasteiger partial charge in [-0.3, -0.25) is 0 Å². The van der Waals surface area contributed by atoms with E-state index >= 15 is 0 Å². The minimum Gasteiger partial charge on any atom is -0.310 e. The van der Waals surface area contributed by atoms with Crippen molar-refractivity contribution >= 4 is 61.4 Å². The number of benzene rings is 10. The van der Waals surface area contributed by atoms with Crippen LogP contribution in [0.4, 0.5) is 17.1 Å². The Hall–Kier alpha value is -7.59. The van der Waals surface area contributed by atoms with Crippen LogP contribution in [0.5, 0.6) is 0 Å². The molecule has 290 valence electrons. The summed E-state index contributed by atoms with van der Waals surface area (Å²) in [7, 11) is 0. The molecule has 62 heavy (non-hydrogen) atoms. The number of anilines is 3. The highest BCUT2D eigenvalue weighted by molar-refractivity contribution is 7.99. The molecular formula is C59H38N2S. The topological polar surface area (TPSA) is 8.17 Å². The Morgan fingerprint density at radius 1 is 0.371 bits per heavy atom. The summed E-state index contributed by atoms with van der Waals surface area (Å²) < 4.78 is 2.38. The molecule has 13 rings (SSSR count). The van der Waals surface area contributed by atoms with Gasteiger partial charge in [0.2, 0.25) is 0 Å². The van der Waals surface area contributed by atoms with Crippen molar-refractivity contribution in [1.82, 2.24) is 4.57 Å². The molecule has 0 bridgehead atoms. The monoisotopic (exact) mass is 806 g/mol. The van der Waals surface area contributed by atoms with E-state index in [0.717, 1.165) is 22.7 Å². The molecule has 10 aromatic carbocycles. The van der Waals surface area contributed by atoms with Crippen LogP contribution in [0.15, 0.2) is 240 Å². The molecule has 0 fully saturated rings. The van der Waals surface area contributed by atoms with Crippen molar-refractivity contribution in [3.63, 3.8) is 0 Å². The first-order chi connectivity index (χ1) is 30.8. The van der Waals surface area contributed by atoms with E-state index in [1.165, 1.54) is 86.9 Å². The smallest absolute Gasteiger partial charge is 0.0735 e. The Bertz CT molecular complexity index is 3500. The van der Waals surface area contributed by atoms with Gasteiger partial charge in [0.1, 0.15) is 0 Å². The van der Waals surface area contributed by atoms with Gasteiger partial charge in [-0.05, 0) is 128 Å². The molecule has 1 spiro atoms. The van der Waals surface area contributed by atoms with Crippen LogP contribution in [0, 0.1) is 0 Å². The minimum atomic E-state index is -0.449. The Balaban J connectivity index is 1.00. The van der Waals surface area contributed by atoms with Gasteiger partial charge in [-0.15, -0.1) is 0 Å². The molecule has 1 aliphatic carbocycles. The maximum absolute atomic E-state index is 2.42. The lowest BCUT2D eigenvalue weighted by Gasteiger charge is -2.39. The third-order valence-corrected chi connectivity index (χ3v) is 14.4. The van der Waals surface area contributed by atoms with E-state index in [9.17, 15) is 0 Å². The van der Waals surface area contributed by atoms with Crippen LogP contribution < -0.4 is 4.90 Å². The van der Waals surface area contributed by atoms with Gasteiger partial charge in [0.15, 0.2) is 0 Å². The van der Waals surface area contributed by atoms with Crippen molar-refractivity contribution in [3.8, 4) is 27.9 Å². The van der Waals surface area contributed by atoms with E-state index in [1.807, 2.05) is 11.8 Å². The molecule has 0 saturated heterocycles. The van der Waals surface area contributed by atoms with Gasteiger partial charge in [0, 0.05) is 43.3 Å². The lowest BCUT2D eigenvalue weighted by atomic mass is 9.67. The predicted octanol–water partition coefficient (Wildman–Crippen LogP) is 15.9. The molecule has 11 aromatic rings. The summed E-state index contributed by atoms with van der Waals surface area (Å²) in [6.45, 7) is 0. The first-order valence-electron chi connectivity index (χ1n) is 21.3. The quantitative estimate of drug-likeness (QED) is 0.171. The van der Waals surface area contributed by atoms with E-state index in [1.54, 1.807) is 0 Å². The second kappa shape index (κ2) is 13.7.